The molecule has 0 saturated heterocycles. The summed E-state index contributed by atoms with van der Waals surface area (Å²) in [6.45, 7) is 52.5. The van der Waals surface area contributed by atoms with Crippen molar-refractivity contribution in [1.82, 2.24) is 0 Å². The van der Waals surface area contributed by atoms with Crippen molar-refractivity contribution in [1.29, 1.82) is 0 Å². The second-order valence-electron chi connectivity index (χ2n) is 34.3. The van der Waals surface area contributed by atoms with Crippen LogP contribution >= 0.6 is 0 Å². The lowest BCUT2D eigenvalue weighted by Gasteiger charge is -2.51. The molecule has 0 aromatic heterocycles. The number of nitrogens with zero attached hydrogens (tertiary/aromatic N) is 3. The minimum atomic E-state index is -0.140. The lowest BCUT2D eigenvalue weighted by atomic mass is 9.33. The van der Waals surface area contributed by atoms with Gasteiger partial charge in [-0.1, -0.05) is 188 Å². The zero-order chi connectivity index (χ0) is 57.2. The van der Waals surface area contributed by atoms with E-state index in [1.165, 1.54) is 137 Å². The van der Waals surface area contributed by atoms with Gasteiger partial charge in [0.25, 0.3) is 6.71 Å². The van der Waals surface area contributed by atoms with Crippen molar-refractivity contribution in [2.24, 2.45) is 0 Å². The summed E-state index contributed by atoms with van der Waals surface area (Å²) in [5.41, 5.74) is 30.3. The molecule has 0 spiro atoms. The fourth-order valence-corrected chi connectivity index (χ4v) is 20.4. The van der Waals surface area contributed by atoms with E-state index in [0.717, 1.165) is 32.1 Å². The lowest BCUT2D eigenvalue weighted by Crippen LogP contribution is -2.62. The van der Waals surface area contributed by atoms with Gasteiger partial charge >= 0.3 is 0 Å². The number of benzene rings is 6. The van der Waals surface area contributed by atoms with Gasteiger partial charge in [-0.2, -0.15) is 0 Å². The Kier molecular flexibility index (Phi) is 10.2. The molecule has 416 valence electrons. The molecule has 3 aliphatic heterocycles. The average Bonchev–Trinajstić information content (AvgIpc) is 4.07. The fourth-order valence-electron chi connectivity index (χ4n) is 20.4. The first-order valence-electron chi connectivity index (χ1n) is 31.3. The molecule has 1 saturated carbocycles. The summed E-state index contributed by atoms with van der Waals surface area (Å²) in [5.74, 6) is 0. The lowest BCUT2D eigenvalue weighted by molar-refractivity contribution is 0.195. The van der Waals surface area contributed by atoms with E-state index in [0.29, 0.717) is 0 Å². The van der Waals surface area contributed by atoms with E-state index in [1.807, 2.05) is 0 Å². The van der Waals surface area contributed by atoms with Crippen LogP contribution in [-0.4, -0.2) is 12.3 Å². The molecule has 0 radical (unpaired) electrons. The molecule has 2 atom stereocenters. The Morgan fingerprint density at radius 1 is 0.350 bits per heavy atom. The van der Waals surface area contributed by atoms with Crippen LogP contribution < -0.4 is 31.1 Å². The third-order valence-corrected chi connectivity index (χ3v) is 23.4. The molecule has 2 unspecified atom stereocenters. The molecule has 6 aromatic carbocycles. The summed E-state index contributed by atoms with van der Waals surface area (Å²) < 4.78 is 0. The standard InChI is InChI=1S/C76H94BN3/c1-66(2,3)45-24-29-60-57(32-45)75(20)30-22-23-31-76(75,21)80(60)48-35-63-65-64(36-48)79(47-26-28-50-52(34-47)70(10,11)42-68(50,6)7)62-40-56-54(72(14,15)44-74(56,18)19)38-59(62)77(65)58-37-53-55(73(16,17)43-71(53,12)13)39-61(58)78(63)46-25-27-49-51(33-46)69(8,9)41-67(49,4)5/h24-29,32-40H,22-23,30-31,41-44H2,1-21H3. The molecule has 6 aromatic rings. The normalized spacial score (nSPS) is 26.2. The van der Waals surface area contributed by atoms with Crippen molar-refractivity contribution in [3.63, 3.8) is 0 Å². The molecular weight excluding hydrogens is 966 g/mol. The van der Waals surface area contributed by atoms with E-state index in [9.17, 15) is 0 Å². The summed E-state index contributed by atoms with van der Waals surface area (Å²) in [7, 11) is 0. The Balaban J connectivity index is 1.15. The molecule has 3 nitrogen and oxygen atoms in total. The van der Waals surface area contributed by atoms with E-state index >= 15 is 0 Å². The third-order valence-electron chi connectivity index (χ3n) is 23.4. The number of anilines is 8. The van der Waals surface area contributed by atoms with Crippen LogP contribution in [0.2, 0.25) is 0 Å². The van der Waals surface area contributed by atoms with Gasteiger partial charge in [0.15, 0.2) is 0 Å². The predicted molar refractivity (Wildman–Crippen MR) is 345 cm³/mol. The Hall–Kier alpha value is -5.22. The van der Waals surface area contributed by atoms with Crippen molar-refractivity contribution in [2.45, 2.75) is 256 Å². The third kappa shape index (κ3) is 6.86. The van der Waals surface area contributed by atoms with Crippen molar-refractivity contribution in [3.05, 3.63) is 147 Å². The highest BCUT2D eigenvalue weighted by atomic mass is 15.3. The van der Waals surface area contributed by atoms with Crippen LogP contribution in [0.5, 0.6) is 0 Å². The van der Waals surface area contributed by atoms with E-state index in [4.69, 9.17) is 0 Å². The molecule has 14 rings (SSSR count). The minimum Gasteiger partial charge on any atom is -0.334 e. The summed E-state index contributed by atoms with van der Waals surface area (Å²) in [4.78, 5) is 8.50. The first-order valence-corrected chi connectivity index (χ1v) is 31.3. The van der Waals surface area contributed by atoms with Crippen LogP contribution in [0.1, 0.15) is 252 Å². The number of hydrogen-bond donors (Lipinski definition) is 0. The van der Waals surface area contributed by atoms with Gasteiger partial charge in [-0.15, -0.1) is 0 Å². The van der Waals surface area contributed by atoms with Crippen LogP contribution in [0.25, 0.3) is 0 Å². The molecule has 3 heterocycles. The average molecular weight is 1060 g/mol. The highest BCUT2D eigenvalue weighted by molar-refractivity contribution is 7.00. The SMILES string of the molecule is CC(C)(C)c1ccc2c(c1)C1(C)CCCCC1(C)N2c1cc2c3c(c1)N(c1ccc4c(c1)C(C)(C)CC4(C)C)c1cc4c(cc1B3c1cc3c(cc1N2c1ccc2c(c1)C(C)(C)CC2(C)C)C(C)(C)CC3(C)C)C(C)(C)CC4(C)C. The second-order valence-corrected chi connectivity index (χ2v) is 34.3. The molecule has 8 aliphatic rings. The van der Waals surface area contributed by atoms with Gasteiger partial charge in [0.1, 0.15) is 0 Å². The minimum absolute atomic E-state index is 0.0199. The predicted octanol–water partition coefficient (Wildman–Crippen LogP) is 18.6. The highest BCUT2D eigenvalue weighted by Gasteiger charge is 2.59. The molecule has 0 amide bonds. The van der Waals surface area contributed by atoms with Crippen LogP contribution in [-0.2, 0) is 54.1 Å². The van der Waals surface area contributed by atoms with Crippen LogP contribution in [0.3, 0.4) is 0 Å². The summed E-state index contributed by atoms with van der Waals surface area (Å²) in [6.07, 6.45) is 9.37. The van der Waals surface area contributed by atoms with Gasteiger partial charge in [0.2, 0.25) is 0 Å². The van der Waals surface area contributed by atoms with Crippen molar-refractivity contribution in [3.8, 4) is 0 Å². The van der Waals surface area contributed by atoms with Crippen LogP contribution in [0, 0.1) is 0 Å². The Labute approximate surface area is 483 Å². The van der Waals surface area contributed by atoms with Crippen molar-refractivity contribution in [2.75, 3.05) is 14.7 Å². The quantitative estimate of drug-likeness (QED) is 0.163. The maximum atomic E-state index is 2.90. The van der Waals surface area contributed by atoms with Gasteiger partial charge in [-0.25, -0.2) is 0 Å². The summed E-state index contributed by atoms with van der Waals surface area (Å²) in [6, 6.07) is 39.4. The number of fused-ring (bicyclic) bond motifs is 11. The van der Waals surface area contributed by atoms with Gasteiger partial charge in [-0.05, 0) is 221 Å². The maximum absolute atomic E-state index is 2.90. The largest absolute Gasteiger partial charge is 0.334 e. The van der Waals surface area contributed by atoms with E-state index < -0.39 is 0 Å². The smallest absolute Gasteiger partial charge is 0.252 e. The number of hydrogen-bond acceptors (Lipinski definition) is 3. The molecule has 80 heavy (non-hydrogen) atoms. The van der Waals surface area contributed by atoms with Crippen molar-refractivity contribution >= 4 is 68.6 Å². The van der Waals surface area contributed by atoms with Gasteiger partial charge in [-0.3, -0.25) is 0 Å². The Morgan fingerprint density at radius 2 is 0.738 bits per heavy atom. The molecule has 4 heteroatoms. The fraction of sp³-hybridized carbons (Fsp3) is 0.526. The van der Waals surface area contributed by atoms with Crippen LogP contribution in [0.4, 0.5) is 45.5 Å². The van der Waals surface area contributed by atoms with E-state index in [1.54, 1.807) is 0 Å². The van der Waals surface area contributed by atoms with Gasteiger partial charge in [0.05, 0.1) is 5.54 Å². The maximum Gasteiger partial charge on any atom is 0.252 e. The van der Waals surface area contributed by atoms with Gasteiger partial charge in [0, 0.05) is 50.9 Å². The first-order chi connectivity index (χ1) is 36.9. The molecule has 0 bridgehead atoms. The first kappa shape index (κ1) is 52.8. The molecule has 1 fully saturated rings. The number of rotatable bonds is 3. The summed E-state index contributed by atoms with van der Waals surface area (Å²) >= 11 is 0. The van der Waals surface area contributed by atoms with E-state index in [2.05, 4.69) is 251 Å². The van der Waals surface area contributed by atoms with Crippen LogP contribution in [0.15, 0.2) is 91.0 Å². The Morgan fingerprint density at radius 3 is 1.16 bits per heavy atom. The monoisotopic (exact) mass is 1060 g/mol. The summed E-state index contributed by atoms with van der Waals surface area (Å²) in [5, 5.41) is 0. The molecule has 0 N–H and O–H groups in total. The Bertz CT molecular complexity index is 3540. The molecule has 5 aliphatic carbocycles. The molecular formula is C76H94BN3. The zero-order valence-electron chi connectivity index (χ0n) is 53.2. The van der Waals surface area contributed by atoms with Gasteiger partial charge < -0.3 is 14.7 Å². The van der Waals surface area contributed by atoms with E-state index in [-0.39, 0.29) is 66.4 Å². The topological polar surface area (TPSA) is 9.72 Å². The highest BCUT2D eigenvalue weighted by Crippen LogP contribution is 2.64. The second kappa shape index (κ2) is 15.5. The van der Waals surface area contributed by atoms with Crippen molar-refractivity contribution < 1.29 is 0 Å². The zero-order valence-corrected chi connectivity index (χ0v) is 53.2.